The molecule has 0 aliphatic carbocycles. The number of rotatable bonds is 4. The minimum absolute atomic E-state index is 0.0874. The number of furan rings is 1. The summed E-state index contributed by atoms with van der Waals surface area (Å²) in [6.07, 6.45) is 2.40. The van der Waals surface area contributed by atoms with E-state index in [2.05, 4.69) is 10.2 Å². The maximum Gasteiger partial charge on any atom is 0.289 e. The second-order valence-electron chi connectivity index (χ2n) is 8.46. The lowest BCUT2D eigenvalue weighted by atomic mass is 9.88. The molecule has 160 valence electrons. The summed E-state index contributed by atoms with van der Waals surface area (Å²) in [7, 11) is 2.02. The van der Waals surface area contributed by atoms with E-state index in [1.165, 1.54) is 11.8 Å². The smallest absolute Gasteiger partial charge is 0.289 e. The van der Waals surface area contributed by atoms with Gasteiger partial charge in [0.2, 0.25) is 0 Å². The number of benzene rings is 1. The fraction of sp³-hybridized carbons (Fsp3) is 0.478. The van der Waals surface area contributed by atoms with Gasteiger partial charge in [-0.3, -0.25) is 9.59 Å². The van der Waals surface area contributed by atoms with Gasteiger partial charge in [0, 0.05) is 32.7 Å². The van der Waals surface area contributed by atoms with Crippen LogP contribution in [-0.4, -0.2) is 66.5 Å². The Bertz CT molecular complexity index is 870. The van der Waals surface area contributed by atoms with Crippen LogP contribution < -0.4 is 5.32 Å². The van der Waals surface area contributed by atoms with Crippen LogP contribution in [0.2, 0.25) is 0 Å². The number of ether oxygens (including phenoxy) is 1. The number of amides is 2. The number of likely N-dealkylation sites (N-methyl/N-ethyl adjacent to an activating group) is 1. The first-order valence-corrected chi connectivity index (χ1v) is 10.5. The summed E-state index contributed by atoms with van der Waals surface area (Å²) in [5.74, 6) is 0.183. The van der Waals surface area contributed by atoms with Crippen molar-refractivity contribution >= 4 is 11.8 Å². The summed E-state index contributed by atoms with van der Waals surface area (Å²) in [5.41, 5.74) is 1.86. The van der Waals surface area contributed by atoms with Crippen LogP contribution in [0.25, 0.3) is 0 Å². The predicted molar refractivity (Wildman–Crippen MR) is 112 cm³/mol. The highest BCUT2D eigenvalue weighted by Gasteiger charge is 2.44. The number of morpholine rings is 1. The van der Waals surface area contributed by atoms with Crippen LogP contribution in [0.15, 0.2) is 47.1 Å². The zero-order valence-corrected chi connectivity index (χ0v) is 17.6. The quantitative estimate of drug-likeness (QED) is 0.835. The van der Waals surface area contributed by atoms with Crippen molar-refractivity contribution in [2.75, 3.05) is 33.2 Å². The van der Waals surface area contributed by atoms with Gasteiger partial charge in [-0.25, -0.2) is 0 Å². The summed E-state index contributed by atoms with van der Waals surface area (Å²) in [6.45, 7) is 5.03. The van der Waals surface area contributed by atoms with E-state index in [-0.39, 0.29) is 11.8 Å². The Morgan fingerprint density at radius 1 is 1.17 bits per heavy atom. The average Bonchev–Trinajstić information content (AvgIpc) is 3.27. The second kappa shape index (κ2) is 8.62. The Morgan fingerprint density at radius 2 is 1.90 bits per heavy atom. The SMILES string of the molecule is Cc1ccc(CNC(=O)[C@H]2CN(C)CC3(CCN(C(=O)c4ccco4)CC3)O2)cc1. The normalized spacial score (nSPS) is 21.5. The van der Waals surface area contributed by atoms with Crippen molar-refractivity contribution in [3.8, 4) is 0 Å². The van der Waals surface area contributed by atoms with Crippen LogP contribution >= 0.6 is 0 Å². The van der Waals surface area contributed by atoms with E-state index in [4.69, 9.17) is 9.15 Å². The van der Waals surface area contributed by atoms with Gasteiger partial charge in [-0.1, -0.05) is 29.8 Å². The number of aryl methyl sites for hydroxylation is 1. The van der Waals surface area contributed by atoms with E-state index in [1.807, 2.05) is 38.2 Å². The van der Waals surface area contributed by atoms with Gasteiger partial charge in [0.25, 0.3) is 11.8 Å². The number of piperidine rings is 1. The van der Waals surface area contributed by atoms with Gasteiger partial charge in [-0.05, 0) is 44.5 Å². The lowest BCUT2D eigenvalue weighted by Crippen LogP contribution is -2.61. The van der Waals surface area contributed by atoms with Gasteiger partial charge in [0.1, 0.15) is 6.10 Å². The van der Waals surface area contributed by atoms with Crippen molar-refractivity contribution < 1.29 is 18.7 Å². The number of hydrogen-bond acceptors (Lipinski definition) is 5. The van der Waals surface area contributed by atoms with E-state index in [0.29, 0.717) is 44.8 Å². The molecule has 3 heterocycles. The number of carbonyl (C=O) groups is 2. The summed E-state index contributed by atoms with van der Waals surface area (Å²) in [4.78, 5) is 29.3. The third kappa shape index (κ3) is 4.57. The Morgan fingerprint density at radius 3 is 2.57 bits per heavy atom. The van der Waals surface area contributed by atoms with Crippen LogP contribution in [0.1, 0.15) is 34.5 Å². The maximum atomic E-state index is 12.8. The van der Waals surface area contributed by atoms with Crippen molar-refractivity contribution in [1.29, 1.82) is 0 Å². The fourth-order valence-corrected chi connectivity index (χ4v) is 4.31. The van der Waals surface area contributed by atoms with Gasteiger partial charge in [0.15, 0.2) is 5.76 Å². The zero-order valence-electron chi connectivity index (χ0n) is 17.6. The van der Waals surface area contributed by atoms with Gasteiger partial charge in [0.05, 0.1) is 11.9 Å². The van der Waals surface area contributed by atoms with Crippen LogP contribution in [-0.2, 0) is 16.1 Å². The number of hydrogen-bond donors (Lipinski definition) is 1. The molecule has 4 rings (SSSR count). The average molecular weight is 412 g/mol. The molecule has 1 N–H and O–H groups in total. The summed E-state index contributed by atoms with van der Waals surface area (Å²) < 4.78 is 11.6. The van der Waals surface area contributed by atoms with Crippen LogP contribution in [0.4, 0.5) is 0 Å². The molecule has 0 saturated carbocycles. The summed E-state index contributed by atoms with van der Waals surface area (Å²) >= 11 is 0. The maximum absolute atomic E-state index is 12.8. The molecule has 1 atom stereocenters. The van der Waals surface area contributed by atoms with Crippen LogP contribution in [0.3, 0.4) is 0 Å². The number of carbonyl (C=O) groups excluding carboxylic acids is 2. The largest absolute Gasteiger partial charge is 0.459 e. The van der Waals surface area contributed by atoms with E-state index < -0.39 is 11.7 Å². The van der Waals surface area contributed by atoms with Crippen molar-refractivity contribution in [1.82, 2.24) is 15.1 Å². The predicted octanol–water partition coefficient (Wildman–Crippen LogP) is 2.21. The molecular weight excluding hydrogens is 382 g/mol. The van der Waals surface area contributed by atoms with E-state index in [1.54, 1.807) is 17.0 Å². The first-order valence-electron chi connectivity index (χ1n) is 10.5. The van der Waals surface area contributed by atoms with Gasteiger partial charge in [-0.2, -0.15) is 0 Å². The lowest BCUT2D eigenvalue weighted by molar-refractivity contribution is -0.180. The molecule has 2 aromatic rings. The Balaban J connectivity index is 1.34. The molecule has 1 aromatic carbocycles. The van der Waals surface area contributed by atoms with E-state index >= 15 is 0 Å². The Hall–Kier alpha value is -2.64. The first kappa shape index (κ1) is 20.6. The van der Waals surface area contributed by atoms with Crippen molar-refractivity contribution in [3.63, 3.8) is 0 Å². The molecule has 2 saturated heterocycles. The summed E-state index contributed by atoms with van der Waals surface area (Å²) in [5, 5.41) is 3.01. The minimum Gasteiger partial charge on any atom is -0.459 e. The molecular formula is C23H29N3O4. The van der Waals surface area contributed by atoms with Crippen molar-refractivity contribution in [2.45, 2.75) is 38.0 Å². The van der Waals surface area contributed by atoms with Crippen molar-refractivity contribution in [2.24, 2.45) is 0 Å². The number of likely N-dealkylation sites (tertiary alicyclic amines) is 1. The first-order chi connectivity index (χ1) is 14.4. The van der Waals surface area contributed by atoms with E-state index in [9.17, 15) is 9.59 Å². The zero-order chi connectivity index (χ0) is 21.1. The number of nitrogens with zero attached hydrogens (tertiary/aromatic N) is 2. The number of nitrogens with one attached hydrogen (secondary N) is 1. The Kier molecular flexibility index (Phi) is 5.92. The molecule has 7 nitrogen and oxygen atoms in total. The molecule has 0 unspecified atom stereocenters. The highest BCUT2D eigenvalue weighted by molar-refractivity contribution is 5.91. The molecule has 2 amide bonds. The topological polar surface area (TPSA) is 75.0 Å². The molecule has 2 aliphatic rings. The molecule has 1 aromatic heterocycles. The van der Waals surface area contributed by atoms with E-state index in [0.717, 1.165) is 12.1 Å². The molecule has 2 fully saturated rings. The van der Waals surface area contributed by atoms with Crippen LogP contribution in [0.5, 0.6) is 0 Å². The molecule has 2 aliphatic heterocycles. The molecule has 0 radical (unpaired) electrons. The standard InChI is InChI=1S/C23H29N3O4/c1-17-5-7-18(8-6-17)14-24-21(27)20-15-25(2)16-23(30-20)9-11-26(12-10-23)22(28)19-4-3-13-29-19/h3-8,13,20H,9-12,14-16H2,1-2H3,(H,24,27)/t20-/m1/s1. The van der Waals surface area contributed by atoms with Crippen LogP contribution in [0, 0.1) is 6.92 Å². The summed E-state index contributed by atoms with van der Waals surface area (Å²) in [6, 6.07) is 11.5. The fourth-order valence-electron chi connectivity index (χ4n) is 4.31. The molecule has 0 bridgehead atoms. The highest BCUT2D eigenvalue weighted by Crippen LogP contribution is 2.32. The highest BCUT2D eigenvalue weighted by atomic mass is 16.5. The third-order valence-electron chi connectivity index (χ3n) is 6.00. The second-order valence-corrected chi connectivity index (χ2v) is 8.46. The van der Waals surface area contributed by atoms with Gasteiger partial charge in [-0.15, -0.1) is 0 Å². The third-order valence-corrected chi connectivity index (χ3v) is 6.00. The molecule has 7 heteroatoms. The monoisotopic (exact) mass is 411 g/mol. The Labute approximate surface area is 177 Å². The molecule has 1 spiro atoms. The lowest BCUT2D eigenvalue weighted by Gasteiger charge is -2.48. The van der Waals surface area contributed by atoms with Gasteiger partial charge >= 0.3 is 0 Å². The molecule has 30 heavy (non-hydrogen) atoms. The minimum atomic E-state index is -0.512. The van der Waals surface area contributed by atoms with Crippen molar-refractivity contribution in [3.05, 3.63) is 59.5 Å². The van der Waals surface area contributed by atoms with Gasteiger partial charge < -0.3 is 24.3 Å².